The summed E-state index contributed by atoms with van der Waals surface area (Å²) in [5.41, 5.74) is 1.12. The molecule has 0 radical (unpaired) electrons. The molecular formula is C13H11BrFN3O3. The lowest BCUT2D eigenvalue weighted by Gasteiger charge is -2.09. The summed E-state index contributed by atoms with van der Waals surface area (Å²) in [5.74, 6) is -1.12. The highest BCUT2D eigenvalue weighted by Gasteiger charge is 2.21. The second kappa shape index (κ2) is 5.65. The van der Waals surface area contributed by atoms with Gasteiger partial charge in [-0.25, -0.2) is 8.96 Å². The Balaban J connectivity index is 2.31. The summed E-state index contributed by atoms with van der Waals surface area (Å²) in [6.07, 6.45) is 0. The summed E-state index contributed by atoms with van der Waals surface area (Å²) in [4.78, 5) is 22.3. The van der Waals surface area contributed by atoms with Crippen LogP contribution in [-0.4, -0.2) is 15.4 Å². The van der Waals surface area contributed by atoms with Crippen LogP contribution in [-0.2, 0) is 7.05 Å². The van der Waals surface area contributed by atoms with Crippen LogP contribution in [0.5, 0.6) is 0 Å². The van der Waals surface area contributed by atoms with Gasteiger partial charge in [-0.15, -0.1) is 0 Å². The van der Waals surface area contributed by atoms with Gasteiger partial charge in [0, 0.05) is 11.8 Å². The SMILES string of the molecule is Cc1cc(F)c(Br)cc1NC(=O)c1ccc([N+](=O)[O-])n1C. The molecule has 0 aliphatic carbocycles. The first-order valence-corrected chi connectivity index (χ1v) is 6.67. The molecule has 0 unspecified atom stereocenters. The van der Waals surface area contributed by atoms with Crippen molar-refractivity contribution in [1.82, 2.24) is 4.57 Å². The van der Waals surface area contributed by atoms with Gasteiger partial charge in [0.2, 0.25) is 0 Å². The molecule has 21 heavy (non-hydrogen) atoms. The molecule has 1 aromatic carbocycles. The Bertz CT molecular complexity index is 743. The van der Waals surface area contributed by atoms with Gasteiger partial charge in [-0.3, -0.25) is 4.79 Å². The van der Waals surface area contributed by atoms with E-state index in [-0.39, 0.29) is 16.0 Å². The molecule has 0 spiro atoms. The van der Waals surface area contributed by atoms with Crippen LogP contribution in [0.4, 0.5) is 15.9 Å². The smallest absolute Gasteiger partial charge is 0.323 e. The first-order chi connectivity index (χ1) is 9.81. The van der Waals surface area contributed by atoms with Crippen molar-refractivity contribution in [3.8, 4) is 0 Å². The number of rotatable bonds is 3. The van der Waals surface area contributed by atoms with E-state index in [9.17, 15) is 19.3 Å². The lowest BCUT2D eigenvalue weighted by atomic mass is 10.2. The Morgan fingerprint density at radius 3 is 2.67 bits per heavy atom. The van der Waals surface area contributed by atoms with Gasteiger partial charge in [0.1, 0.15) is 5.82 Å². The minimum atomic E-state index is -0.573. The lowest BCUT2D eigenvalue weighted by Crippen LogP contribution is -2.17. The molecule has 1 amide bonds. The molecule has 0 aliphatic heterocycles. The van der Waals surface area contributed by atoms with Crippen molar-refractivity contribution in [1.29, 1.82) is 0 Å². The molecule has 6 nitrogen and oxygen atoms in total. The van der Waals surface area contributed by atoms with Gasteiger partial charge in [-0.05, 0) is 51.5 Å². The highest BCUT2D eigenvalue weighted by molar-refractivity contribution is 9.10. The summed E-state index contributed by atoms with van der Waals surface area (Å²) >= 11 is 3.04. The molecule has 0 fully saturated rings. The lowest BCUT2D eigenvalue weighted by molar-refractivity contribution is -0.391. The number of anilines is 1. The molecule has 110 valence electrons. The van der Waals surface area contributed by atoms with Crippen LogP contribution in [0.1, 0.15) is 16.1 Å². The fourth-order valence-corrected chi connectivity index (χ4v) is 2.22. The quantitative estimate of drug-likeness (QED) is 0.676. The van der Waals surface area contributed by atoms with Crippen molar-refractivity contribution >= 4 is 33.3 Å². The Labute approximate surface area is 127 Å². The second-order valence-electron chi connectivity index (χ2n) is 4.43. The third-order valence-electron chi connectivity index (χ3n) is 3.03. The summed E-state index contributed by atoms with van der Waals surface area (Å²) in [7, 11) is 1.43. The first-order valence-electron chi connectivity index (χ1n) is 5.88. The van der Waals surface area contributed by atoms with Gasteiger partial charge in [-0.1, -0.05) is 0 Å². The second-order valence-corrected chi connectivity index (χ2v) is 5.28. The Morgan fingerprint density at radius 2 is 2.10 bits per heavy atom. The minimum Gasteiger partial charge on any atom is -0.358 e. The highest BCUT2D eigenvalue weighted by Crippen LogP contribution is 2.25. The van der Waals surface area contributed by atoms with E-state index < -0.39 is 16.6 Å². The number of carbonyl (C=O) groups is 1. The summed E-state index contributed by atoms with van der Waals surface area (Å²) in [5, 5.41) is 13.4. The summed E-state index contributed by atoms with van der Waals surface area (Å²) in [6.45, 7) is 1.65. The molecule has 1 N–H and O–H groups in total. The highest BCUT2D eigenvalue weighted by atomic mass is 79.9. The van der Waals surface area contributed by atoms with Crippen LogP contribution in [0.25, 0.3) is 0 Å². The molecule has 0 bridgehead atoms. The fraction of sp³-hybridized carbons (Fsp3) is 0.154. The van der Waals surface area contributed by atoms with Gasteiger partial charge < -0.3 is 15.4 Å². The number of nitrogens with one attached hydrogen (secondary N) is 1. The average Bonchev–Trinajstić information content (AvgIpc) is 2.78. The van der Waals surface area contributed by atoms with Gasteiger partial charge >= 0.3 is 5.82 Å². The number of halogens is 2. The predicted molar refractivity (Wildman–Crippen MR) is 78.9 cm³/mol. The van der Waals surface area contributed by atoms with E-state index in [4.69, 9.17) is 0 Å². The van der Waals surface area contributed by atoms with E-state index >= 15 is 0 Å². The van der Waals surface area contributed by atoms with Crippen LogP contribution in [0, 0.1) is 22.9 Å². The van der Waals surface area contributed by atoms with Crippen molar-refractivity contribution in [3.63, 3.8) is 0 Å². The van der Waals surface area contributed by atoms with E-state index in [2.05, 4.69) is 21.2 Å². The van der Waals surface area contributed by atoms with Crippen LogP contribution in [0.15, 0.2) is 28.7 Å². The number of carbonyl (C=O) groups excluding carboxylic acids is 1. The molecule has 1 heterocycles. The summed E-state index contributed by atoms with van der Waals surface area (Å²) < 4.78 is 14.7. The maximum Gasteiger partial charge on any atom is 0.323 e. The van der Waals surface area contributed by atoms with Gasteiger partial charge in [-0.2, -0.15) is 0 Å². The molecule has 0 aliphatic rings. The number of nitrogens with zero attached hydrogens (tertiary/aromatic N) is 2. The normalized spacial score (nSPS) is 10.5. The van der Waals surface area contributed by atoms with Gasteiger partial charge in [0.05, 0.1) is 11.5 Å². The summed E-state index contributed by atoms with van der Waals surface area (Å²) in [6, 6.07) is 5.34. The van der Waals surface area contributed by atoms with Crippen LogP contribution < -0.4 is 5.32 Å². The molecule has 0 saturated heterocycles. The zero-order valence-corrected chi connectivity index (χ0v) is 12.8. The first kappa shape index (κ1) is 15.2. The van der Waals surface area contributed by atoms with Crippen molar-refractivity contribution in [2.45, 2.75) is 6.92 Å². The number of nitro groups is 1. The molecule has 0 atom stereocenters. The zero-order chi connectivity index (χ0) is 15.7. The van der Waals surface area contributed by atoms with E-state index in [1.807, 2.05) is 0 Å². The number of aromatic nitrogens is 1. The number of amides is 1. The zero-order valence-electron chi connectivity index (χ0n) is 11.2. The van der Waals surface area contributed by atoms with Gasteiger partial charge in [0.25, 0.3) is 5.91 Å². The minimum absolute atomic E-state index is 0.140. The average molecular weight is 356 g/mol. The Kier molecular flexibility index (Phi) is 4.08. The molecular weight excluding hydrogens is 345 g/mol. The van der Waals surface area contributed by atoms with E-state index in [1.165, 1.54) is 35.9 Å². The monoisotopic (exact) mass is 355 g/mol. The molecule has 0 saturated carbocycles. The van der Waals surface area contributed by atoms with Crippen molar-refractivity contribution in [2.75, 3.05) is 5.32 Å². The van der Waals surface area contributed by atoms with Crippen molar-refractivity contribution in [2.24, 2.45) is 7.05 Å². The van der Waals surface area contributed by atoms with Crippen molar-refractivity contribution in [3.05, 3.63) is 55.9 Å². The van der Waals surface area contributed by atoms with Crippen LogP contribution >= 0.6 is 15.9 Å². The molecule has 2 rings (SSSR count). The largest absolute Gasteiger partial charge is 0.358 e. The number of hydrogen-bond acceptors (Lipinski definition) is 3. The Hall–Kier alpha value is -2.22. The maximum atomic E-state index is 13.3. The number of hydrogen-bond donors (Lipinski definition) is 1. The standard InChI is InChI=1S/C13H11BrFN3O3/c1-7-5-9(15)8(14)6-10(7)16-13(19)11-3-4-12(17(11)2)18(20)21/h3-6H,1-2H3,(H,16,19). The third-order valence-corrected chi connectivity index (χ3v) is 3.64. The topological polar surface area (TPSA) is 77.2 Å². The van der Waals surface area contributed by atoms with Crippen molar-refractivity contribution < 1.29 is 14.1 Å². The molecule has 2 aromatic rings. The van der Waals surface area contributed by atoms with E-state index in [1.54, 1.807) is 6.92 Å². The predicted octanol–water partition coefficient (Wildman–Crippen LogP) is 3.40. The third kappa shape index (κ3) is 2.94. The molecule has 1 aromatic heterocycles. The fourth-order valence-electron chi connectivity index (χ4n) is 1.88. The number of benzene rings is 1. The Morgan fingerprint density at radius 1 is 1.43 bits per heavy atom. The maximum absolute atomic E-state index is 13.3. The van der Waals surface area contributed by atoms with E-state index in [0.29, 0.717) is 11.3 Å². The van der Waals surface area contributed by atoms with Crippen LogP contribution in [0.3, 0.4) is 0 Å². The van der Waals surface area contributed by atoms with Crippen LogP contribution in [0.2, 0.25) is 0 Å². The molecule has 8 heteroatoms. The van der Waals surface area contributed by atoms with Gasteiger partial charge in [0.15, 0.2) is 5.69 Å². The van der Waals surface area contributed by atoms with E-state index in [0.717, 1.165) is 0 Å². The number of aryl methyl sites for hydroxylation is 1.